The third kappa shape index (κ3) is 5.43. The first-order valence-corrected chi connectivity index (χ1v) is 8.27. The molecule has 2 amide bonds. The van der Waals surface area contributed by atoms with Crippen LogP contribution in [0, 0.1) is 0 Å². The Bertz CT molecular complexity index is 612. The third-order valence-corrected chi connectivity index (χ3v) is 4.14. The summed E-state index contributed by atoms with van der Waals surface area (Å²) in [4.78, 5) is 27.7. The van der Waals surface area contributed by atoms with Gasteiger partial charge in [0.05, 0.1) is 18.7 Å². The van der Waals surface area contributed by atoms with Crippen LogP contribution in [0.3, 0.4) is 0 Å². The fourth-order valence-corrected chi connectivity index (χ4v) is 2.62. The predicted molar refractivity (Wildman–Crippen MR) is 88.7 cm³/mol. The van der Waals surface area contributed by atoms with Crippen LogP contribution in [0.1, 0.15) is 15.9 Å². The Kier molecular flexibility index (Phi) is 6.98. The molecule has 1 aromatic carbocycles. The van der Waals surface area contributed by atoms with Crippen molar-refractivity contribution in [3.05, 3.63) is 35.4 Å². The van der Waals surface area contributed by atoms with Crippen molar-refractivity contribution in [3.8, 4) is 0 Å². The maximum absolute atomic E-state index is 12.6. The summed E-state index contributed by atoms with van der Waals surface area (Å²) in [6, 6.07) is 4.17. The summed E-state index contributed by atoms with van der Waals surface area (Å²) in [5.74, 6) is -0.383. The van der Waals surface area contributed by atoms with E-state index in [0.29, 0.717) is 39.3 Å². The average Bonchev–Trinajstić information content (AvgIpc) is 2.64. The van der Waals surface area contributed by atoms with Gasteiger partial charge < -0.3 is 19.9 Å². The summed E-state index contributed by atoms with van der Waals surface area (Å²) < 4.78 is 42.6. The highest BCUT2D eigenvalue weighted by molar-refractivity contribution is 5.94. The average molecular weight is 373 g/mol. The summed E-state index contributed by atoms with van der Waals surface area (Å²) in [7, 11) is 1.58. The van der Waals surface area contributed by atoms with Crippen molar-refractivity contribution in [2.24, 2.45) is 0 Å². The van der Waals surface area contributed by atoms with Gasteiger partial charge in [0.15, 0.2) is 0 Å². The van der Waals surface area contributed by atoms with Crippen LogP contribution < -0.4 is 5.32 Å². The Morgan fingerprint density at radius 3 is 2.19 bits per heavy atom. The van der Waals surface area contributed by atoms with Gasteiger partial charge in [0.1, 0.15) is 0 Å². The van der Waals surface area contributed by atoms with Gasteiger partial charge in [-0.1, -0.05) is 0 Å². The highest BCUT2D eigenvalue weighted by atomic mass is 19.4. The molecular weight excluding hydrogens is 351 g/mol. The zero-order valence-electron chi connectivity index (χ0n) is 14.5. The molecule has 0 aliphatic carbocycles. The minimum absolute atomic E-state index is 0.0530. The molecule has 1 saturated heterocycles. The second-order valence-electron chi connectivity index (χ2n) is 5.92. The number of nitrogens with one attached hydrogen (secondary N) is 1. The molecule has 26 heavy (non-hydrogen) atoms. The molecule has 0 spiro atoms. The third-order valence-electron chi connectivity index (χ3n) is 4.14. The fourth-order valence-electron chi connectivity index (χ4n) is 2.62. The minimum atomic E-state index is -4.43. The first kappa shape index (κ1) is 20.2. The van der Waals surface area contributed by atoms with E-state index in [4.69, 9.17) is 4.74 Å². The summed E-state index contributed by atoms with van der Waals surface area (Å²) in [5, 5.41) is 2.97. The molecule has 1 heterocycles. The van der Waals surface area contributed by atoms with E-state index >= 15 is 0 Å². The Morgan fingerprint density at radius 1 is 1.08 bits per heavy atom. The number of carbonyl (C=O) groups excluding carboxylic acids is 2. The molecule has 1 fully saturated rings. The van der Waals surface area contributed by atoms with E-state index < -0.39 is 11.7 Å². The second kappa shape index (κ2) is 9.00. The minimum Gasteiger partial charge on any atom is -0.383 e. The molecule has 1 aromatic rings. The van der Waals surface area contributed by atoms with Crippen LogP contribution in [-0.2, 0) is 15.7 Å². The first-order valence-electron chi connectivity index (χ1n) is 8.27. The number of nitrogens with zero attached hydrogens (tertiary/aromatic N) is 2. The lowest BCUT2D eigenvalue weighted by Gasteiger charge is -2.35. The van der Waals surface area contributed by atoms with Crippen molar-refractivity contribution in [1.29, 1.82) is 0 Å². The van der Waals surface area contributed by atoms with Crippen LogP contribution in [0.15, 0.2) is 24.3 Å². The zero-order valence-corrected chi connectivity index (χ0v) is 14.5. The van der Waals surface area contributed by atoms with Crippen molar-refractivity contribution >= 4 is 11.8 Å². The largest absolute Gasteiger partial charge is 0.416 e. The highest BCUT2D eigenvalue weighted by Gasteiger charge is 2.31. The van der Waals surface area contributed by atoms with Gasteiger partial charge in [-0.15, -0.1) is 0 Å². The van der Waals surface area contributed by atoms with Crippen LogP contribution in [0.5, 0.6) is 0 Å². The van der Waals surface area contributed by atoms with Gasteiger partial charge in [-0.05, 0) is 24.3 Å². The summed E-state index contributed by atoms with van der Waals surface area (Å²) >= 11 is 0. The SMILES string of the molecule is COCCNCC(=O)N1CCN(C(=O)c2ccc(C(F)(F)F)cc2)CC1. The van der Waals surface area contributed by atoms with Gasteiger partial charge in [-0.25, -0.2) is 0 Å². The van der Waals surface area contributed by atoms with Crippen LogP contribution in [-0.4, -0.2) is 74.6 Å². The quantitative estimate of drug-likeness (QED) is 0.762. The van der Waals surface area contributed by atoms with Gasteiger partial charge in [0.25, 0.3) is 5.91 Å². The molecule has 144 valence electrons. The molecule has 2 rings (SSSR count). The number of benzene rings is 1. The number of hydrogen-bond donors (Lipinski definition) is 1. The lowest BCUT2D eigenvalue weighted by molar-refractivity contribution is -0.137. The van der Waals surface area contributed by atoms with E-state index in [1.54, 1.807) is 16.9 Å². The van der Waals surface area contributed by atoms with Gasteiger partial charge >= 0.3 is 6.18 Å². The second-order valence-corrected chi connectivity index (χ2v) is 5.92. The number of methoxy groups -OCH3 is 1. The molecule has 0 atom stereocenters. The molecule has 1 aliphatic rings. The summed E-state index contributed by atoms with van der Waals surface area (Å²) in [6.07, 6.45) is -4.43. The van der Waals surface area contributed by atoms with Crippen LogP contribution in [0.25, 0.3) is 0 Å². The monoisotopic (exact) mass is 373 g/mol. The molecule has 9 heteroatoms. The topological polar surface area (TPSA) is 61.9 Å². The number of carbonyl (C=O) groups is 2. The molecule has 0 unspecified atom stereocenters. The fraction of sp³-hybridized carbons (Fsp3) is 0.529. The lowest BCUT2D eigenvalue weighted by Crippen LogP contribution is -2.52. The standard InChI is InChI=1S/C17H22F3N3O3/c1-26-11-6-21-12-15(24)22-7-9-23(10-8-22)16(25)13-2-4-14(5-3-13)17(18,19)20/h2-5,21H,6-12H2,1H3. The maximum atomic E-state index is 12.6. The maximum Gasteiger partial charge on any atom is 0.416 e. The first-order chi connectivity index (χ1) is 12.3. The van der Waals surface area contributed by atoms with Crippen molar-refractivity contribution in [2.75, 3.05) is 53.0 Å². The number of hydrogen-bond acceptors (Lipinski definition) is 4. The van der Waals surface area contributed by atoms with E-state index in [1.807, 2.05) is 0 Å². The predicted octanol–water partition coefficient (Wildman–Crippen LogP) is 1.23. The normalized spacial score (nSPS) is 15.2. The smallest absolute Gasteiger partial charge is 0.383 e. The van der Waals surface area contributed by atoms with E-state index in [1.165, 1.54) is 12.1 Å². The molecule has 0 bridgehead atoms. The number of alkyl halides is 3. The Morgan fingerprint density at radius 2 is 1.65 bits per heavy atom. The lowest BCUT2D eigenvalue weighted by atomic mass is 10.1. The number of ether oxygens (including phenoxy) is 1. The number of piperazine rings is 1. The molecule has 0 saturated carbocycles. The molecule has 6 nitrogen and oxygen atoms in total. The van der Waals surface area contributed by atoms with E-state index in [0.717, 1.165) is 12.1 Å². The van der Waals surface area contributed by atoms with Crippen LogP contribution in [0.4, 0.5) is 13.2 Å². The Balaban J connectivity index is 1.83. The van der Waals surface area contributed by atoms with Crippen molar-refractivity contribution in [1.82, 2.24) is 15.1 Å². The molecule has 1 aliphatic heterocycles. The Labute approximate surface area is 149 Å². The summed E-state index contributed by atoms with van der Waals surface area (Å²) in [6.45, 7) is 2.80. The van der Waals surface area contributed by atoms with E-state index in [-0.39, 0.29) is 23.9 Å². The van der Waals surface area contributed by atoms with Crippen molar-refractivity contribution in [2.45, 2.75) is 6.18 Å². The van der Waals surface area contributed by atoms with Crippen molar-refractivity contribution in [3.63, 3.8) is 0 Å². The molecule has 0 aromatic heterocycles. The number of halogens is 3. The number of rotatable bonds is 6. The zero-order chi connectivity index (χ0) is 19.2. The van der Waals surface area contributed by atoms with Crippen LogP contribution in [0.2, 0.25) is 0 Å². The van der Waals surface area contributed by atoms with Gasteiger partial charge in [0.2, 0.25) is 5.91 Å². The highest BCUT2D eigenvalue weighted by Crippen LogP contribution is 2.29. The van der Waals surface area contributed by atoms with Gasteiger partial charge in [0, 0.05) is 45.4 Å². The Hall–Kier alpha value is -2.13. The summed E-state index contributed by atoms with van der Waals surface area (Å²) in [5.41, 5.74) is -0.579. The molecular formula is C17H22F3N3O3. The van der Waals surface area contributed by atoms with Gasteiger partial charge in [-0.2, -0.15) is 13.2 Å². The van der Waals surface area contributed by atoms with Gasteiger partial charge in [-0.3, -0.25) is 9.59 Å². The van der Waals surface area contributed by atoms with E-state index in [2.05, 4.69) is 5.32 Å². The van der Waals surface area contributed by atoms with E-state index in [9.17, 15) is 22.8 Å². The molecule has 0 radical (unpaired) electrons. The van der Waals surface area contributed by atoms with Crippen molar-refractivity contribution < 1.29 is 27.5 Å². The number of amides is 2. The van der Waals surface area contributed by atoms with Crippen LogP contribution >= 0.6 is 0 Å². The molecule has 1 N–H and O–H groups in total.